The Morgan fingerprint density at radius 1 is 1.44 bits per heavy atom. The number of alkyl halides is 1. The Labute approximate surface area is 106 Å². The summed E-state index contributed by atoms with van der Waals surface area (Å²) in [7, 11) is 0. The summed E-state index contributed by atoms with van der Waals surface area (Å²) in [6.07, 6.45) is 2.02. The molecule has 0 spiro atoms. The van der Waals surface area contributed by atoms with E-state index in [0.717, 1.165) is 18.4 Å². The Balaban J connectivity index is 2.42. The van der Waals surface area contributed by atoms with Crippen LogP contribution in [0.2, 0.25) is 5.02 Å². The summed E-state index contributed by atoms with van der Waals surface area (Å²) < 4.78 is 12.8. The zero-order chi connectivity index (χ0) is 12.0. The number of nitrogens with one attached hydrogen (secondary N) is 1. The van der Waals surface area contributed by atoms with E-state index in [1.807, 2.05) is 0 Å². The lowest BCUT2D eigenvalue weighted by atomic mass is 10.1. The molecule has 0 saturated carbocycles. The highest BCUT2D eigenvalue weighted by molar-refractivity contribution is 6.31. The standard InChI is InChI=1S/C12H16Cl2FN/c1-9(3-2-6-13)16-8-10-4-5-11(15)7-12(10)14/h4-5,7,9,16H,2-3,6,8H2,1H3. The van der Waals surface area contributed by atoms with Crippen LogP contribution < -0.4 is 5.32 Å². The fraction of sp³-hybridized carbons (Fsp3) is 0.500. The van der Waals surface area contributed by atoms with E-state index in [9.17, 15) is 4.39 Å². The van der Waals surface area contributed by atoms with Crippen molar-refractivity contribution in [3.63, 3.8) is 0 Å². The van der Waals surface area contributed by atoms with Gasteiger partial charge in [-0.1, -0.05) is 17.7 Å². The van der Waals surface area contributed by atoms with E-state index in [4.69, 9.17) is 23.2 Å². The molecule has 0 saturated heterocycles. The van der Waals surface area contributed by atoms with Crippen molar-refractivity contribution < 1.29 is 4.39 Å². The van der Waals surface area contributed by atoms with Crippen molar-refractivity contribution >= 4 is 23.2 Å². The van der Waals surface area contributed by atoms with Crippen molar-refractivity contribution in [2.45, 2.75) is 32.4 Å². The van der Waals surface area contributed by atoms with Gasteiger partial charge >= 0.3 is 0 Å². The van der Waals surface area contributed by atoms with E-state index in [1.54, 1.807) is 6.07 Å². The maximum Gasteiger partial charge on any atom is 0.124 e. The molecular formula is C12H16Cl2FN. The van der Waals surface area contributed by atoms with Crippen molar-refractivity contribution in [1.82, 2.24) is 5.32 Å². The Hall–Kier alpha value is -0.310. The van der Waals surface area contributed by atoms with Crippen LogP contribution in [0.25, 0.3) is 0 Å². The summed E-state index contributed by atoms with van der Waals surface area (Å²) in [5.74, 6) is 0.382. The molecule has 16 heavy (non-hydrogen) atoms. The maximum atomic E-state index is 12.8. The van der Waals surface area contributed by atoms with Crippen LogP contribution in [-0.2, 0) is 6.54 Å². The first-order valence-electron chi connectivity index (χ1n) is 5.36. The van der Waals surface area contributed by atoms with Crippen molar-refractivity contribution in [2.75, 3.05) is 5.88 Å². The topological polar surface area (TPSA) is 12.0 Å². The largest absolute Gasteiger partial charge is 0.310 e. The summed E-state index contributed by atoms with van der Waals surface area (Å²) in [6.45, 7) is 2.76. The van der Waals surface area contributed by atoms with E-state index >= 15 is 0 Å². The van der Waals surface area contributed by atoms with Gasteiger partial charge in [-0.05, 0) is 37.5 Å². The van der Waals surface area contributed by atoms with Crippen LogP contribution in [-0.4, -0.2) is 11.9 Å². The first-order valence-corrected chi connectivity index (χ1v) is 6.28. The molecule has 1 unspecified atom stereocenters. The van der Waals surface area contributed by atoms with Crippen molar-refractivity contribution in [3.05, 3.63) is 34.6 Å². The monoisotopic (exact) mass is 263 g/mol. The molecule has 0 radical (unpaired) electrons. The molecule has 90 valence electrons. The maximum absolute atomic E-state index is 12.8. The van der Waals surface area contributed by atoms with Gasteiger partial charge in [-0.25, -0.2) is 4.39 Å². The summed E-state index contributed by atoms with van der Waals surface area (Å²) in [6, 6.07) is 4.85. The molecule has 0 fully saturated rings. The van der Waals surface area contributed by atoms with Gasteiger partial charge in [-0.15, -0.1) is 11.6 Å². The Morgan fingerprint density at radius 3 is 2.81 bits per heavy atom. The molecule has 4 heteroatoms. The highest BCUT2D eigenvalue weighted by Crippen LogP contribution is 2.17. The van der Waals surface area contributed by atoms with Crippen LogP contribution >= 0.6 is 23.2 Å². The number of benzene rings is 1. The number of halogens is 3. The average Bonchev–Trinajstić information content (AvgIpc) is 2.25. The molecule has 1 aromatic rings. The molecule has 0 amide bonds. The van der Waals surface area contributed by atoms with E-state index < -0.39 is 0 Å². The Bertz CT molecular complexity index is 331. The van der Waals surface area contributed by atoms with Crippen LogP contribution in [0.1, 0.15) is 25.3 Å². The third-order valence-corrected chi connectivity index (χ3v) is 3.05. The van der Waals surface area contributed by atoms with E-state index in [1.165, 1.54) is 12.1 Å². The van der Waals surface area contributed by atoms with Gasteiger partial charge < -0.3 is 5.32 Å². The molecule has 0 bridgehead atoms. The lowest BCUT2D eigenvalue weighted by Gasteiger charge is -2.13. The zero-order valence-corrected chi connectivity index (χ0v) is 10.8. The molecule has 1 rings (SSSR count). The second-order valence-electron chi connectivity index (χ2n) is 3.85. The quantitative estimate of drug-likeness (QED) is 0.766. The zero-order valence-electron chi connectivity index (χ0n) is 9.27. The molecule has 0 aromatic heterocycles. The molecule has 0 aliphatic rings. The van der Waals surface area contributed by atoms with Gasteiger partial charge in [0.25, 0.3) is 0 Å². The van der Waals surface area contributed by atoms with Gasteiger partial charge in [-0.2, -0.15) is 0 Å². The number of hydrogen-bond donors (Lipinski definition) is 1. The fourth-order valence-electron chi connectivity index (χ4n) is 1.43. The molecular weight excluding hydrogens is 248 g/mol. The molecule has 1 nitrogen and oxygen atoms in total. The predicted molar refractivity (Wildman–Crippen MR) is 67.7 cm³/mol. The van der Waals surface area contributed by atoms with Crippen molar-refractivity contribution in [2.24, 2.45) is 0 Å². The second-order valence-corrected chi connectivity index (χ2v) is 4.63. The highest BCUT2D eigenvalue weighted by Gasteiger charge is 2.04. The number of rotatable bonds is 6. The SMILES string of the molecule is CC(CCCCl)NCc1ccc(F)cc1Cl. The highest BCUT2D eigenvalue weighted by atomic mass is 35.5. The molecule has 1 aromatic carbocycles. The van der Waals surface area contributed by atoms with Crippen molar-refractivity contribution in [1.29, 1.82) is 0 Å². The molecule has 1 atom stereocenters. The van der Waals surface area contributed by atoms with E-state index in [-0.39, 0.29) is 5.82 Å². The van der Waals surface area contributed by atoms with Gasteiger partial charge in [0.15, 0.2) is 0 Å². The third-order valence-electron chi connectivity index (χ3n) is 2.43. The smallest absolute Gasteiger partial charge is 0.124 e. The second kappa shape index (κ2) is 7.10. The van der Waals surface area contributed by atoms with Gasteiger partial charge in [0.2, 0.25) is 0 Å². The minimum Gasteiger partial charge on any atom is -0.310 e. The van der Waals surface area contributed by atoms with Crippen LogP contribution in [0.5, 0.6) is 0 Å². The normalized spacial score (nSPS) is 12.8. The van der Waals surface area contributed by atoms with E-state index in [0.29, 0.717) is 23.5 Å². The molecule has 0 heterocycles. The van der Waals surface area contributed by atoms with Gasteiger partial charge in [-0.3, -0.25) is 0 Å². The summed E-state index contributed by atoms with van der Waals surface area (Å²) in [5.41, 5.74) is 0.917. The summed E-state index contributed by atoms with van der Waals surface area (Å²) in [5, 5.41) is 3.80. The van der Waals surface area contributed by atoms with Crippen molar-refractivity contribution in [3.8, 4) is 0 Å². The Kier molecular flexibility index (Phi) is 6.10. The van der Waals surface area contributed by atoms with Gasteiger partial charge in [0, 0.05) is 23.5 Å². The minimum atomic E-state index is -0.302. The van der Waals surface area contributed by atoms with Gasteiger partial charge in [0.05, 0.1) is 0 Å². The summed E-state index contributed by atoms with van der Waals surface area (Å²) >= 11 is 11.5. The average molecular weight is 264 g/mol. The Morgan fingerprint density at radius 2 is 2.19 bits per heavy atom. The van der Waals surface area contributed by atoms with E-state index in [2.05, 4.69) is 12.2 Å². The van der Waals surface area contributed by atoms with Gasteiger partial charge in [0.1, 0.15) is 5.82 Å². The van der Waals surface area contributed by atoms with Crippen LogP contribution in [0.4, 0.5) is 4.39 Å². The third kappa shape index (κ3) is 4.69. The molecule has 0 aliphatic carbocycles. The molecule has 1 N–H and O–H groups in total. The van der Waals surface area contributed by atoms with Crippen LogP contribution in [0, 0.1) is 5.82 Å². The summed E-state index contributed by atoms with van der Waals surface area (Å²) in [4.78, 5) is 0. The van der Waals surface area contributed by atoms with Crippen LogP contribution in [0.3, 0.4) is 0 Å². The predicted octanol–water partition coefficient (Wildman–Crippen LogP) is 3.98. The lowest BCUT2D eigenvalue weighted by Crippen LogP contribution is -2.25. The fourth-order valence-corrected chi connectivity index (χ4v) is 1.82. The molecule has 0 aliphatic heterocycles. The lowest BCUT2D eigenvalue weighted by molar-refractivity contribution is 0.509. The first kappa shape index (κ1) is 13.8. The first-order chi connectivity index (χ1) is 7.63. The minimum absolute atomic E-state index is 0.302. The number of hydrogen-bond acceptors (Lipinski definition) is 1. The van der Waals surface area contributed by atoms with Crippen LogP contribution in [0.15, 0.2) is 18.2 Å².